The summed E-state index contributed by atoms with van der Waals surface area (Å²) < 4.78 is 0. The first kappa shape index (κ1) is 11.0. The van der Waals surface area contributed by atoms with Gasteiger partial charge in [-0.15, -0.1) is 0 Å². The Hall–Kier alpha value is -2.10. The molecular weight excluding hydrogens is 226 g/mol. The normalized spacial score (nSPS) is 13.8. The lowest BCUT2D eigenvalue weighted by Gasteiger charge is -2.18. The zero-order valence-electron chi connectivity index (χ0n) is 10.5. The van der Waals surface area contributed by atoms with E-state index in [-0.39, 0.29) is 5.56 Å². The molecule has 1 aliphatic rings. The van der Waals surface area contributed by atoms with E-state index in [1.54, 1.807) is 6.20 Å². The zero-order valence-corrected chi connectivity index (χ0v) is 10.5. The third-order valence-corrected chi connectivity index (χ3v) is 3.64. The first-order valence-electron chi connectivity index (χ1n) is 6.03. The van der Waals surface area contributed by atoms with Crippen molar-refractivity contribution in [3.63, 3.8) is 0 Å². The number of fused-ring (bicyclic) bond motifs is 1. The minimum atomic E-state index is -0.111. The van der Waals surface area contributed by atoms with Gasteiger partial charge in [0.15, 0.2) is 0 Å². The molecule has 0 bridgehead atoms. The summed E-state index contributed by atoms with van der Waals surface area (Å²) in [6.45, 7) is 5.67. The minimum Gasteiger partial charge on any atom is -0.361 e. The van der Waals surface area contributed by atoms with Crippen LogP contribution in [0.2, 0.25) is 0 Å². The summed E-state index contributed by atoms with van der Waals surface area (Å²) in [4.78, 5) is 13.8. The number of aromatic amines is 1. The maximum atomic E-state index is 11.6. The van der Waals surface area contributed by atoms with Crippen molar-refractivity contribution in [1.82, 2.24) is 10.2 Å². The van der Waals surface area contributed by atoms with Crippen LogP contribution < -0.4 is 10.5 Å². The summed E-state index contributed by atoms with van der Waals surface area (Å²) in [5, 5.41) is 6.36. The summed E-state index contributed by atoms with van der Waals surface area (Å²) in [5.41, 5.74) is 5.57. The number of anilines is 1. The molecular formula is C14H15N3O. The molecule has 18 heavy (non-hydrogen) atoms. The van der Waals surface area contributed by atoms with Gasteiger partial charge in [0.1, 0.15) is 0 Å². The summed E-state index contributed by atoms with van der Waals surface area (Å²) in [6, 6.07) is 6.37. The molecule has 0 unspecified atom stereocenters. The average molecular weight is 241 g/mol. The van der Waals surface area contributed by atoms with Crippen LogP contribution in [0, 0.1) is 13.8 Å². The second-order valence-corrected chi connectivity index (χ2v) is 4.78. The molecule has 0 aliphatic carbocycles. The van der Waals surface area contributed by atoms with Gasteiger partial charge in [-0.25, -0.2) is 5.10 Å². The maximum absolute atomic E-state index is 11.6. The molecule has 0 atom stereocenters. The highest BCUT2D eigenvalue weighted by Crippen LogP contribution is 2.30. The van der Waals surface area contributed by atoms with Gasteiger partial charge >= 0.3 is 0 Å². The van der Waals surface area contributed by atoms with Crippen molar-refractivity contribution >= 4 is 5.69 Å². The van der Waals surface area contributed by atoms with Gasteiger partial charge in [0.25, 0.3) is 5.56 Å². The van der Waals surface area contributed by atoms with Gasteiger partial charge in [0.05, 0.1) is 11.9 Å². The van der Waals surface area contributed by atoms with Crippen LogP contribution in [0.15, 0.2) is 29.2 Å². The van der Waals surface area contributed by atoms with Crippen molar-refractivity contribution in [2.75, 3.05) is 4.90 Å². The highest BCUT2D eigenvalue weighted by atomic mass is 16.1. The summed E-state index contributed by atoms with van der Waals surface area (Å²) in [7, 11) is 0. The van der Waals surface area contributed by atoms with E-state index in [0.29, 0.717) is 0 Å². The van der Waals surface area contributed by atoms with Crippen LogP contribution in [0.3, 0.4) is 0 Å². The van der Waals surface area contributed by atoms with Crippen molar-refractivity contribution in [1.29, 1.82) is 0 Å². The summed E-state index contributed by atoms with van der Waals surface area (Å²) in [6.07, 6.45) is 1.73. The summed E-state index contributed by atoms with van der Waals surface area (Å²) >= 11 is 0. The predicted molar refractivity (Wildman–Crippen MR) is 70.7 cm³/mol. The van der Waals surface area contributed by atoms with Crippen LogP contribution in [-0.2, 0) is 13.1 Å². The molecule has 0 radical (unpaired) electrons. The third-order valence-electron chi connectivity index (χ3n) is 3.64. The van der Waals surface area contributed by atoms with Crippen LogP contribution in [0.5, 0.6) is 0 Å². The lowest BCUT2D eigenvalue weighted by atomic mass is 10.1. The molecule has 92 valence electrons. The lowest BCUT2D eigenvalue weighted by molar-refractivity contribution is 0.847. The molecule has 0 fully saturated rings. The number of hydrogen-bond donors (Lipinski definition) is 1. The van der Waals surface area contributed by atoms with E-state index in [0.717, 1.165) is 24.3 Å². The van der Waals surface area contributed by atoms with E-state index in [2.05, 4.69) is 40.2 Å². The first-order valence-corrected chi connectivity index (χ1v) is 6.03. The SMILES string of the molecule is Cc1cccc2c1CN(c1cn[nH]c(=O)c1C)C2. The fourth-order valence-electron chi connectivity index (χ4n) is 2.53. The Bertz CT molecular complexity index is 660. The lowest BCUT2D eigenvalue weighted by Crippen LogP contribution is -2.21. The molecule has 1 aromatic carbocycles. The van der Waals surface area contributed by atoms with Gasteiger partial charge in [-0.05, 0) is 30.5 Å². The second kappa shape index (κ2) is 3.98. The molecule has 1 aromatic heterocycles. The van der Waals surface area contributed by atoms with E-state index in [4.69, 9.17) is 0 Å². The molecule has 0 saturated carbocycles. The first-order chi connectivity index (χ1) is 8.66. The van der Waals surface area contributed by atoms with Gasteiger partial charge < -0.3 is 4.90 Å². The van der Waals surface area contributed by atoms with Crippen molar-refractivity contribution in [3.05, 3.63) is 57.0 Å². The van der Waals surface area contributed by atoms with Crippen molar-refractivity contribution in [2.24, 2.45) is 0 Å². The average Bonchev–Trinajstić information content (AvgIpc) is 2.78. The van der Waals surface area contributed by atoms with E-state index in [1.165, 1.54) is 16.7 Å². The molecule has 4 nitrogen and oxygen atoms in total. The summed E-state index contributed by atoms with van der Waals surface area (Å²) in [5.74, 6) is 0. The van der Waals surface area contributed by atoms with Gasteiger partial charge in [-0.2, -0.15) is 5.10 Å². The highest BCUT2D eigenvalue weighted by Gasteiger charge is 2.22. The number of nitrogens with one attached hydrogen (secondary N) is 1. The molecule has 2 heterocycles. The Kier molecular flexibility index (Phi) is 2.44. The van der Waals surface area contributed by atoms with Crippen LogP contribution in [-0.4, -0.2) is 10.2 Å². The predicted octanol–water partition coefficient (Wildman–Crippen LogP) is 1.91. The molecule has 1 aliphatic heterocycles. The van der Waals surface area contributed by atoms with Crippen molar-refractivity contribution < 1.29 is 0 Å². The third kappa shape index (κ3) is 1.61. The molecule has 0 amide bonds. The molecule has 3 rings (SSSR count). The van der Waals surface area contributed by atoms with Crippen LogP contribution >= 0.6 is 0 Å². The molecule has 4 heteroatoms. The Morgan fingerprint density at radius 2 is 2.11 bits per heavy atom. The van der Waals surface area contributed by atoms with Crippen molar-refractivity contribution in [2.45, 2.75) is 26.9 Å². The van der Waals surface area contributed by atoms with Crippen molar-refractivity contribution in [3.8, 4) is 0 Å². The topological polar surface area (TPSA) is 49.0 Å². The van der Waals surface area contributed by atoms with E-state index in [1.807, 2.05) is 6.92 Å². The number of benzene rings is 1. The molecule has 1 N–H and O–H groups in total. The minimum absolute atomic E-state index is 0.111. The fraction of sp³-hybridized carbons (Fsp3) is 0.286. The number of aromatic nitrogens is 2. The van der Waals surface area contributed by atoms with Crippen LogP contribution in [0.25, 0.3) is 0 Å². The quantitative estimate of drug-likeness (QED) is 0.829. The Labute approximate surface area is 105 Å². The van der Waals surface area contributed by atoms with E-state index >= 15 is 0 Å². The standard InChI is InChI=1S/C14H15N3O/c1-9-4-3-5-11-7-17(8-12(9)11)13-6-15-16-14(18)10(13)2/h3-6H,7-8H2,1-2H3,(H,16,18). The Balaban J connectivity index is 2.02. The van der Waals surface area contributed by atoms with E-state index in [9.17, 15) is 4.79 Å². The number of nitrogens with zero attached hydrogens (tertiary/aromatic N) is 2. The molecule has 0 saturated heterocycles. The largest absolute Gasteiger partial charge is 0.361 e. The van der Waals surface area contributed by atoms with Gasteiger partial charge in [-0.1, -0.05) is 18.2 Å². The molecule has 2 aromatic rings. The van der Waals surface area contributed by atoms with Crippen LogP contribution in [0.4, 0.5) is 5.69 Å². The smallest absolute Gasteiger partial charge is 0.269 e. The molecule has 0 spiro atoms. The number of rotatable bonds is 1. The number of H-pyrrole nitrogens is 1. The Morgan fingerprint density at radius 3 is 2.89 bits per heavy atom. The van der Waals surface area contributed by atoms with Gasteiger partial charge in [0.2, 0.25) is 0 Å². The Morgan fingerprint density at radius 1 is 1.28 bits per heavy atom. The highest BCUT2D eigenvalue weighted by molar-refractivity contribution is 5.55. The monoisotopic (exact) mass is 241 g/mol. The van der Waals surface area contributed by atoms with Gasteiger partial charge in [0, 0.05) is 18.7 Å². The zero-order chi connectivity index (χ0) is 12.7. The number of aryl methyl sites for hydroxylation is 1. The maximum Gasteiger partial charge on any atom is 0.269 e. The van der Waals surface area contributed by atoms with Gasteiger partial charge in [-0.3, -0.25) is 4.79 Å². The van der Waals surface area contributed by atoms with E-state index < -0.39 is 0 Å². The number of hydrogen-bond acceptors (Lipinski definition) is 3. The van der Waals surface area contributed by atoms with Crippen LogP contribution in [0.1, 0.15) is 22.3 Å². The fourth-order valence-corrected chi connectivity index (χ4v) is 2.53. The second-order valence-electron chi connectivity index (χ2n) is 4.78.